The van der Waals surface area contributed by atoms with Crippen LogP contribution in [-0.4, -0.2) is 62.7 Å². The highest BCUT2D eigenvalue weighted by atomic mass is 16.5. The summed E-state index contributed by atoms with van der Waals surface area (Å²) in [6.45, 7) is 21.1. The maximum Gasteiger partial charge on any atom is 0.314 e. The number of nitrogens with one attached hydrogen (secondary N) is 1. The summed E-state index contributed by atoms with van der Waals surface area (Å²) in [5.74, 6) is 1.74. The van der Waals surface area contributed by atoms with Crippen molar-refractivity contribution >= 4 is 23.1 Å². The van der Waals surface area contributed by atoms with Crippen LogP contribution >= 0.6 is 0 Å². The van der Waals surface area contributed by atoms with Crippen molar-refractivity contribution in [3.05, 3.63) is 58.7 Å². The summed E-state index contributed by atoms with van der Waals surface area (Å²) in [4.78, 5) is 25.0. The van der Waals surface area contributed by atoms with Gasteiger partial charge < -0.3 is 34.5 Å². The highest BCUT2D eigenvalue weighted by molar-refractivity contribution is 5.99. The van der Waals surface area contributed by atoms with Gasteiger partial charge >= 0.3 is 11.9 Å². The number of hydrogen-bond donors (Lipinski definition) is 3. The predicted octanol–water partition coefficient (Wildman–Crippen LogP) is 13.1. The fourth-order valence-corrected chi connectivity index (χ4v) is 12.7. The topological polar surface area (TPSA) is 124 Å². The largest absolute Gasteiger partial charge is 0.496 e. The summed E-state index contributed by atoms with van der Waals surface area (Å²) in [5, 5.41) is 24.4. The molecule has 0 aliphatic heterocycles. The van der Waals surface area contributed by atoms with Gasteiger partial charge in [0, 0.05) is 12.1 Å². The first-order chi connectivity index (χ1) is 30.5. The summed E-state index contributed by atoms with van der Waals surface area (Å²) in [6, 6.07) is 9.83. The maximum atomic E-state index is 12.5. The Hall–Kier alpha value is -3.98. The van der Waals surface area contributed by atoms with Crippen LogP contribution in [0.25, 0.3) is 11.1 Å². The molecule has 8 rings (SSSR count). The average Bonchev–Trinajstić information content (AvgIpc) is 3.86. The molecule has 6 aliphatic carbocycles. The third-order valence-corrected chi connectivity index (χ3v) is 17.1. The van der Waals surface area contributed by atoms with E-state index < -0.39 is 22.8 Å². The minimum Gasteiger partial charge on any atom is -0.496 e. The van der Waals surface area contributed by atoms with Crippen LogP contribution in [0.1, 0.15) is 181 Å². The van der Waals surface area contributed by atoms with Crippen LogP contribution in [0, 0.1) is 33.5 Å². The Labute approximate surface area is 391 Å². The number of fused-ring (bicyclic) bond motifs is 4. The second kappa shape index (κ2) is 19.0. The zero-order chi connectivity index (χ0) is 47.9. The van der Waals surface area contributed by atoms with Crippen LogP contribution in [0.15, 0.2) is 36.4 Å². The Morgan fingerprint density at radius 1 is 0.523 bits per heavy atom. The standard InChI is InChI=1S/2C22H30O4.C12H23N/c2*1-20(2,3)14-11-16(25-6)18(17(12-14)26-7)15-10-13-8-9-22(15,19(23)24)21(13,4)5;1-3-7-11(8-4-1)13-12-9-5-2-6-10-12/h2*10-13H,8-9H2,1-7H3,(H,23,24);11-13H,1-10H2/t2*13-,22+;/m11./s1. The zero-order valence-corrected chi connectivity index (χ0v) is 42.5. The molecule has 3 N–H and O–H groups in total. The molecule has 2 aromatic carbocycles. The van der Waals surface area contributed by atoms with E-state index in [-0.39, 0.29) is 33.5 Å². The number of carboxylic acids is 2. The van der Waals surface area contributed by atoms with Crippen molar-refractivity contribution in [2.24, 2.45) is 33.5 Å². The lowest BCUT2D eigenvalue weighted by molar-refractivity contribution is -0.150. The first-order valence-electron chi connectivity index (χ1n) is 24.7. The molecule has 0 amide bonds. The Kier molecular flexibility index (Phi) is 14.7. The minimum atomic E-state index is -0.901. The molecular weight excluding hydrogens is 815 g/mol. The summed E-state index contributed by atoms with van der Waals surface area (Å²) in [6.07, 6.45) is 22.0. The monoisotopic (exact) mass is 898 g/mol. The minimum absolute atomic E-state index is 0.0636. The second-order valence-corrected chi connectivity index (χ2v) is 23.2. The molecule has 4 atom stereocenters. The van der Waals surface area contributed by atoms with Crippen molar-refractivity contribution in [2.75, 3.05) is 28.4 Å². The van der Waals surface area contributed by atoms with Crippen LogP contribution in [0.2, 0.25) is 0 Å². The molecule has 360 valence electrons. The highest BCUT2D eigenvalue weighted by Gasteiger charge is 2.66. The van der Waals surface area contributed by atoms with Crippen molar-refractivity contribution < 1.29 is 38.7 Å². The van der Waals surface area contributed by atoms with Crippen molar-refractivity contribution in [3.8, 4) is 23.0 Å². The van der Waals surface area contributed by atoms with Gasteiger partial charge in [0.15, 0.2) is 0 Å². The molecule has 0 spiro atoms. The van der Waals surface area contributed by atoms with E-state index in [4.69, 9.17) is 18.9 Å². The highest BCUT2D eigenvalue weighted by Crippen LogP contribution is 2.70. The molecule has 9 heteroatoms. The SMILES string of the molecule is C1CCC(NC2CCCCC2)CC1.COc1cc(C(C)(C)C)cc(OC)c1C1=C[C@H]2CC[C@]1(C(=O)O)C2(C)C.COc1cc(C(C)(C)C)cc(OC)c1C1=C[C@H]2CC[C@]1(C(=O)O)C2(C)C. The summed E-state index contributed by atoms with van der Waals surface area (Å²) >= 11 is 0. The van der Waals surface area contributed by atoms with E-state index in [1.807, 2.05) is 24.3 Å². The number of benzene rings is 2. The van der Waals surface area contributed by atoms with E-state index >= 15 is 0 Å². The number of carbonyl (C=O) groups is 2. The van der Waals surface area contributed by atoms with Gasteiger partial charge in [-0.1, -0.05) is 120 Å². The predicted molar refractivity (Wildman–Crippen MR) is 262 cm³/mol. The van der Waals surface area contributed by atoms with Crippen molar-refractivity contribution in [1.82, 2.24) is 5.32 Å². The smallest absolute Gasteiger partial charge is 0.314 e. The van der Waals surface area contributed by atoms with E-state index in [9.17, 15) is 19.8 Å². The van der Waals surface area contributed by atoms with E-state index in [1.54, 1.807) is 28.4 Å². The Morgan fingerprint density at radius 2 is 0.815 bits per heavy atom. The van der Waals surface area contributed by atoms with E-state index in [1.165, 1.54) is 64.2 Å². The van der Waals surface area contributed by atoms with Gasteiger partial charge in [-0.3, -0.25) is 9.59 Å². The molecule has 0 heterocycles. The first kappa shape index (κ1) is 50.4. The van der Waals surface area contributed by atoms with Crippen LogP contribution in [0.5, 0.6) is 23.0 Å². The third kappa shape index (κ3) is 8.98. The lowest BCUT2D eigenvalue weighted by Gasteiger charge is -2.37. The quantitative estimate of drug-likeness (QED) is 0.214. The number of methoxy groups -OCH3 is 4. The molecule has 9 nitrogen and oxygen atoms in total. The number of allylic oxidation sites excluding steroid dienone is 2. The fraction of sp³-hybridized carbons (Fsp3) is 0.679. The molecule has 0 radical (unpaired) electrons. The van der Waals surface area contributed by atoms with Gasteiger partial charge in [0.25, 0.3) is 0 Å². The number of aliphatic carboxylic acids is 2. The summed E-state index contributed by atoms with van der Waals surface area (Å²) in [5.41, 5.74) is 2.90. The molecule has 2 aromatic rings. The lowest BCUT2D eigenvalue weighted by Crippen LogP contribution is -2.40. The van der Waals surface area contributed by atoms with Crippen molar-refractivity contribution in [2.45, 2.75) is 182 Å². The Morgan fingerprint density at radius 3 is 1.05 bits per heavy atom. The average molecular weight is 898 g/mol. The number of hydrogen-bond acceptors (Lipinski definition) is 7. The lowest BCUT2D eigenvalue weighted by atomic mass is 9.64. The molecule has 4 saturated carbocycles. The van der Waals surface area contributed by atoms with E-state index in [0.29, 0.717) is 35.8 Å². The van der Waals surface area contributed by atoms with Gasteiger partial charge in [0.2, 0.25) is 0 Å². The van der Waals surface area contributed by atoms with Crippen LogP contribution in [0.3, 0.4) is 0 Å². The second-order valence-electron chi connectivity index (χ2n) is 23.2. The third-order valence-electron chi connectivity index (χ3n) is 17.1. The number of ether oxygens (including phenoxy) is 4. The Balaban J connectivity index is 0.000000171. The summed E-state index contributed by atoms with van der Waals surface area (Å²) < 4.78 is 22.9. The number of carboxylic acid groups (broad SMARTS) is 2. The van der Waals surface area contributed by atoms with Crippen molar-refractivity contribution in [1.29, 1.82) is 0 Å². The normalized spacial score (nSPS) is 26.8. The summed E-state index contributed by atoms with van der Waals surface area (Å²) in [7, 11) is 6.54. The van der Waals surface area contributed by atoms with Gasteiger partial charge in [0.1, 0.15) is 23.0 Å². The molecule has 65 heavy (non-hydrogen) atoms. The molecular formula is C56H83NO8. The van der Waals surface area contributed by atoms with Gasteiger partial charge in [-0.05, 0) is 131 Å². The zero-order valence-electron chi connectivity index (χ0n) is 42.5. The number of rotatable bonds is 10. The van der Waals surface area contributed by atoms with Crippen molar-refractivity contribution in [3.63, 3.8) is 0 Å². The molecule has 0 aromatic heterocycles. The van der Waals surface area contributed by atoms with Crippen LogP contribution < -0.4 is 24.3 Å². The van der Waals surface area contributed by atoms with Gasteiger partial charge in [-0.2, -0.15) is 0 Å². The maximum absolute atomic E-state index is 12.5. The Bertz CT molecular complexity index is 1920. The molecule has 4 bridgehead atoms. The van der Waals surface area contributed by atoms with Gasteiger partial charge in [0.05, 0.1) is 50.4 Å². The van der Waals surface area contributed by atoms with Gasteiger partial charge in [-0.15, -0.1) is 0 Å². The molecule has 6 aliphatic rings. The molecule has 0 unspecified atom stereocenters. The first-order valence-corrected chi connectivity index (χ1v) is 24.7. The van der Waals surface area contributed by atoms with E-state index in [2.05, 4.69) is 86.7 Å². The van der Waals surface area contributed by atoms with Crippen LogP contribution in [0.4, 0.5) is 0 Å². The van der Waals surface area contributed by atoms with Gasteiger partial charge in [-0.25, -0.2) is 0 Å². The van der Waals surface area contributed by atoms with E-state index in [0.717, 1.165) is 58.3 Å². The molecule has 0 saturated heterocycles. The van der Waals surface area contributed by atoms with Crippen LogP contribution in [-0.2, 0) is 20.4 Å². The molecule has 4 fully saturated rings. The fourth-order valence-electron chi connectivity index (χ4n) is 12.7.